The highest BCUT2D eigenvalue weighted by atomic mass is 16.4. The quantitative estimate of drug-likeness (QED) is 0.916. The van der Waals surface area contributed by atoms with Gasteiger partial charge in [-0.1, -0.05) is 38.1 Å². The fourth-order valence-electron chi connectivity index (χ4n) is 2.13. The van der Waals surface area contributed by atoms with Crippen molar-refractivity contribution in [3.8, 4) is 11.3 Å². The van der Waals surface area contributed by atoms with Crippen LogP contribution in [0, 0.1) is 0 Å². The molecule has 0 bridgehead atoms. The lowest BCUT2D eigenvalue weighted by Crippen LogP contribution is -2.11. The van der Waals surface area contributed by atoms with Gasteiger partial charge in [0.05, 0.1) is 5.69 Å². The standard InChI is InChI=1S/C16H20N2O2/c1-10(2)12-5-7-13(8-6-12)14-9-15(16(19)20)18(17-14)11(3)4/h5-11H,1-4H3,(H,19,20). The molecule has 0 amide bonds. The van der Waals surface area contributed by atoms with Crippen molar-refractivity contribution in [3.05, 3.63) is 41.6 Å². The summed E-state index contributed by atoms with van der Waals surface area (Å²) in [5.41, 5.74) is 3.13. The summed E-state index contributed by atoms with van der Waals surface area (Å²) in [5.74, 6) is -0.469. The minimum Gasteiger partial charge on any atom is -0.477 e. The topological polar surface area (TPSA) is 55.1 Å². The zero-order chi connectivity index (χ0) is 14.9. The molecule has 1 N–H and O–H groups in total. The first-order valence-electron chi connectivity index (χ1n) is 6.83. The van der Waals surface area contributed by atoms with Gasteiger partial charge in [-0.05, 0) is 31.4 Å². The number of benzene rings is 1. The summed E-state index contributed by atoms with van der Waals surface area (Å²) in [7, 11) is 0. The monoisotopic (exact) mass is 272 g/mol. The van der Waals surface area contributed by atoms with Gasteiger partial charge < -0.3 is 5.11 Å². The third kappa shape index (κ3) is 2.74. The molecule has 2 aromatic rings. The molecular weight excluding hydrogens is 252 g/mol. The van der Waals surface area contributed by atoms with Gasteiger partial charge in [0.2, 0.25) is 0 Å². The molecule has 0 aliphatic rings. The van der Waals surface area contributed by atoms with E-state index in [0.29, 0.717) is 11.6 Å². The molecule has 2 rings (SSSR count). The Labute approximate surface area is 119 Å². The van der Waals surface area contributed by atoms with Crippen LogP contribution >= 0.6 is 0 Å². The van der Waals surface area contributed by atoms with Crippen LogP contribution in [0.5, 0.6) is 0 Å². The highest BCUT2D eigenvalue weighted by Gasteiger charge is 2.17. The summed E-state index contributed by atoms with van der Waals surface area (Å²) in [6.07, 6.45) is 0. The number of carboxylic acids is 1. The number of aromatic carboxylic acids is 1. The number of nitrogens with zero attached hydrogens (tertiary/aromatic N) is 2. The second-order valence-electron chi connectivity index (χ2n) is 5.53. The number of hydrogen-bond donors (Lipinski definition) is 1. The molecule has 0 fully saturated rings. The number of hydrogen-bond acceptors (Lipinski definition) is 2. The van der Waals surface area contributed by atoms with Gasteiger partial charge in [-0.3, -0.25) is 4.68 Å². The molecule has 1 aromatic carbocycles. The smallest absolute Gasteiger partial charge is 0.354 e. The van der Waals surface area contributed by atoms with Crippen LogP contribution < -0.4 is 0 Å². The summed E-state index contributed by atoms with van der Waals surface area (Å²) in [6, 6.07) is 9.77. The third-order valence-electron chi connectivity index (χ3n) is 3.32. The Bertz CT molecular complexity index is 610. The molecule has 0 atom stereocenters. The lowest BCUT2D eigenvalue weighted by Gasteiger charge is -2.07. The number of carbonyl (C=O) groups is 1. The highest BCUT2D eigenvalue weighted by molar-refractivity contribution is 5.87. The largest absolute Gasteiger partial charge is 0.477 e. The zero-order valence-electron chi connectivity index (χ0n) is 12.3. The van der Waals surface area contributed by atoms with E-state index < -0.39 is 5.97 Å². The molecule has 4 nitrogen and oxygen atoms in total. The van der Waals surface area contributed by atoms with Crippen molar-refractivity contribution in [3.63, 3.8) is 0 Å². The van der Waals surface area contributed by atoms with Gasteiger partial charge in [0, 0.05) is 11.6 Å². The molecule has 0 unspecified atom stereocenters. The van der Waals surface area contributed by atoms with Crippen molar-refractivity contribution in [1.29, 1.82) is 0 Å². The Balaban J connectivity index is 2.42. The van der Waals surface area contributed by atoms with Crippen molar-refractivity contribution in [1.82, 2.24) is 9.78 Å². The van der Waals surface area contributed by atoms with Gasteiger partial charge in [-0.15, -0.1) is 0 Å². The van der Waals surface area contributed by atoms with E-state index in [1.165, 1.54) is 5.56 Å². The van der Waals surface area contributed by atoms with Crippen molar-refractivity contribution < 1.29 is 9.90 Å². The molecular formula is C16H20N2O2. The van der Waals surface area contributed by atoms with E-state index in [-0.39, 0.29) is 11.7 Å². The lowest BCUT2D eigenvalue weighted by atomic mass is 10.0. The minimum atomic E-state index is -0.948. The summed E-state index contributed by atoms with van der Waals surface area (Å²) >= 11 is 0. The minimum absolute atomic E-state index is 0.0183. The second-order valence-corrected chi connectivity index (χ2v) is 5.53. The van der Waals surface area contributed by atoms with Gasteiger partial charge in [-0.25, -0.2) is 4.79 Å². The Morgan fingerprint density at radius 1 is 1.15 bits per heavy atom. The summed E-state index contributed by atoms with van der Waals surface area (Å²) in [6.45, 7) is 8.13. The Kier molecular flexibility index (Phi) is 3.93. The first-order chi connectivity index (χ1) is 9.40. The Morgan fingerprint density at radius 2 is 1.75 bits per heavy atom. The van der Waals surface area contributed by atoms with E-state index in [1.807, 2.05) is 26.0 Å². The maximum atomic E-state index is 11.3. The predicted molar refractivity (Wildman–Crippen MR) is 79.1 cm³/mol. The zero-order valence-corrected chi connectivity index (χ0v) is 12.3. The van der Waals surface area contributed by atoms with Crippen LogP contribution in [0.2, 0.25) is 0 Å². The van der Waals surface area contributed by atoms with Crippen LogP contribution in [0.15, 0.2) is 30.3 Å². The Hall–Kier alpha value is -2.10. The number of rotatable bonds is 4. The fourth-order valence-corrected chi connectivity index (χ4v) is 2.13. The third-order valence-corrected chi connectivity index (χ3v) is 3.32. The van der Waals surface area contributed by atoms with Gasteiger partial charge in [0.1, 0.15) is 5.69 Å². The van der Waals surface area contributed by atoms with Crippen LogP contribution in [0.25, 0.3) is 11.3 Å². The van der Waals surface area contributed by atoms with Crippen LogP contribution in [-0.4, -0.2) is 20.9 Å². The average molecular weight is 272 g/mol. The highest BCUT2D eigenvalue weighted by Crippen LogP contribution is 2.24. The van der Waals surface area contributed by atoms with Crippen LogP contribution in [0.4, 0.5) is 0 Å². The lowest BCUT2D eigenvalue weighted by molar-refractivity contribution is 0.0681. The van der Waals surface area contributed by atoms with Gasteiger partial charge in [-0.2, -0.15) is 5.10 Å². The summed E-state index contributed by atoms with van der Waals surface area (Å²) in [4.78, 5) is 11.3. The van der Waals surface area contributed by atoms with E-state index in [2.05, 4.69) is 31.1 Å². The van der Waals surface area contributed by atoms with Gasteiger partial charge in [0.15, 0.2) is 0 Å². The van der Waals surface area contributed by atoms with E-state index >= 15 is 0 Å². The first kappa shape index (κ1) is 14.3. The average Bonchev–Trinajstić information content (AvgIpc) is 2.84. The van der Waals surface area contributed by atoms with Gasteiger partial charge in [0.25, 0.3) is 0 Å². The molecule has 0 spiro atoms. The van der Waals surface area contributed by atoms with Gasteiger partial charge >= 0.3 is 5.97 Å². The van der Waals surface area contributed by atoms with Crippen molar-refractivity contribution in [2.45, 2.75) is 39.7 Å². The number of aromatic nitrogens is 2. The van der Waals surface area contributed by atoms with E-state index in [1.54, 1.807) is 10.7 Å². The molecule has 1 heterocycles. The van der Waals surface area contributed by atoms with Crippen LogP contribution in [0.1, 0.15) is 55.7 Å². The second kappa shape index (κ2) is 5.49. The summed E-state index contributed by atoms with van der Waals surface area (Å²) < 4.78 is 1.55. The maximum absolute atomic E-state index is 11.3. The molecule has 0 saturated heterocycles. The Morgan fingerprint density at radius 3 is 2.15 bits per heavy atom. The summed E-state index contributed by atoms with van der Waals surface area (Å²) in [5, 5.41) is 13.6. The predicted octanol–water partition coefficient (Wildman–Crippen LogP) is 3.95. The van der Waals surface area contributed by atoms with E-state index in [4.69, 9.17) is 0 Å². The van der Waals surface area contributed by atoms with E-state index in [0.717, 1.165) is 5.56 Å². The number of carboxylic acid groups (broad SMARTS) is 1. The maximum Gasteiger partial charge on any atom is 0.354 e. The molecule has 1 aromatic heterocycles. The first-order valence-corrected chi connectivity index (χ1v) is 6.83. The molecule has 0 aliphatic carbocycles. The molecule has 0 radical (unpaired) electrons. The van der Waals surface area contributed by atoms with E-state index in [9.17, 15) is 9.90 Å². The normalized spacial score (nSPS) is 11.3. The van der Waals surface area contributed by atoms with Crippen molar-refractivity contribution in [2.24, 2.45) is 0 Å². The molecule has 20 heavy (non-hydrogen) atoms. The SMILES string of the molecule is CC(C)c1ccc(-c2cc(C(=O)O)n(C(C)C)n2)cc1. The molecule has 4 heteroatoms. The van der Waals surface area contributed by atoms with Crippen LogP contribution in [-0.2, 0) is 0 Å². The molecule has 106 valence electrons. The van der Waals surface area contributed by atoms with Crippen molar-refractivity contribution in [2.75, 3.05) is 0 Å². The van der Waals surface area contributed by atoms with Crippen LogP contribution in [0.3, 0.4) is 0 Å². The fraction of sp³-hybridized carbons (Fsp3) is 0.375. The molecule has 0 saturated carbocycles. The molecule has 0 aliphatic heterocycles. The van der Waals surface area contributed by atoms with Crippen molar-refractivity contribution >= 4 is 5.97 Å².